The number of nitrogens with one attached hydrogen (secondary N) is 2. The second-order valence-corrected chi connectivity index (χ2v) is 3.55. The van der Waals surface area contributed by atoms with Crippen molar-refractivity contribution in [2.75, 3.05) is 11.9 Å². The van der Waals surface area contributed by atoms with Gasteiger partial charge in [-0.2, -0.15) is 5.10 Å². The summed E-state index contributed by atoms with van der Waals surface area (Å²) in [5.74, 6) is 0.627. The molecule has 1 atom stereocenters. The maximum absolute atomic E-state index is 11.6. The van der Waals surface area contributed by atoms with Crippen LogP contribution in [0.3, 0.4) is 0 Å². The Labute approximate surface area is 83.1 Å². The smallest absolute Gasteiger partial charge is 0.230 e. The molecule has 0 spiro atoms. The van der Waals surface area contributed by atoms with Gasteiger partial charge in [-0.25, -0.2) is 0 Å². The first kappa shape index (κ1) is 10.7. The molecular weight excluding hydrogens is 180 g/mol. The number of hydrogen-bond donors (Lipinski definition) is 3. The molecule has 5 nitrogen and oxygen atoms in total. The van der Waals surface area contributed by atoms with Crippen LogP contribution in [0, 0.1) is 11.8 Å². The molecule has 4 N–H and O–H groups in total. The SMILES string of the molecule is CC(C)C(CN)C(=O)Nc1ccn[nH]1. The lowest BCUT2D eigenvalue weighted by molar-refractivity contribution is -0.120. The van der Waals surface area contributed by atoms with E-state index in [0.717, 1.165) is 0 Å². The molecule has 0 fully saturated rings. The largest absolute Gasteiger partial charge is 0.330 e. The molecule has 1 aromatic rings. The predicted octanol–water partition coefficient (Wildman–Crippen LogP) is 0.579. The summed E-state index contributed by atoms with van der Waals surface area (Å²) in [4.78, 5) is 11.6. The molecule has 1 rings (SSSR count). The van der Waals surface area contributed by atoms with Crippen LogP contribution in [0.15, 0.2) is 12.3 Å². The average molecular weight is 196 g/mol. The lowest BCUT2D eigenvalue weighted by Crippen LogP contribution is -2.33. The third kappa shape index (κ3) is 2.56. The number of aromatic nitrogens is 2. The van der Waals surface area contributed by atoms with E-state index >= 15 is 0 Å². The second-order valence-electron chi connectivity index (χ2n) is 3.55. The normalized spacial score (nSPS) is 12.9. The number of carbonyl (C=O) groups is 1. The number of amides is 1. The lowest BCUT2D eigenvalue weighted by Gasteiger charge is -2.17. The van der Waals surface area contributed by atoms with Crippen molar-refractivity contribution in [1.82, 2.24) is 10.2 Å². The van der Waals surface area contributed by atoms with Gasteiger partial charge in [0, 0.05) is 12.6 Å². The van der Waals surface area contributed by atoms with Crippen molar-refractivity contribution in [1.29, 1.82) is 0 Å². The number of H-pyrrole nitrogens is 1. The fourth-order valence-electron chi connectivity index (χ4n) is 1.23. The van der Waals surface area contributed by atoms with E-state index < -0.39 is 0 Å². The van der Waals surface area contributed by atoms with Gasteiger partial charge in [-0.15, -0.1) is 0 Å². The van der Waals surface area contributed by atoms with Gasteiger partial charge in [-0.1, -0.05) is 13.8 Å². The highest BCUT2D eigenvalue weighted by atomic mass is 16.2. The van der Waals surface area contributed by atoms with Gasteiger partial charge in [0.1, 0.15) is 5.82 Å². The Bertz CT molecular complexity index is 281. The fraction of sp³-hybridized carbons (Fsp3) is 0.556. The summed E-state index contributed by atoms with van der Waals surface area (Å²) in [6.07, 6.45) is 1.59. The zero-order chi connectivity index (χ0) is 10.6. The number of nitrogens with two attached hydrogens (primary N) is 1. The van der Waals surface area contributed by atoms with Gasteiger partial charge in [0.15, 0.2) is 0 Å². The highest BCUT2D eigenvalue weighted by molar-refractivity contribution is 5.91. The van der Waals surface area contributed by atoms with Crippen LogP contribution >= 0.6 is 0 Å². The van der Waals surface area contributed by atoms with Crippen molar-refractivity contribution in [3.63, 3.8) is 0 Å². The van der Waals surface area contributed by atoms with Gasteiger partial charge in [-0.3, -0.25) is 9.89 Å². The summed E-state index contributed by atoms with van der Waals surface area (Å²) in [5, 5.41) is 9.11. The minimum Gasteiger partial charge on any atom is -0.330 e. The maximum atomic E-state index is 11.6. The first-order valence-corrected chi connectivity index (χ1v) is 4.65. The zero-order valence-corrected chi connectivity index (χ0v) is 8.45. The Morgan fingerprint density at radius 1 is 1.71 bits per heavy atom. The molecule has 0 aliphatic rings. The van der Waals surface area contributed by atoms with Crippen LogP contribution in [0.5, 0.6) is 0 Å². The topological polar surface area (TPSA) is 83.8 Å². The molecule has 0 aromatic carbocycles. The molecule has 14 heavy (non-hydrogen) atoms. The number of nitrogens with zero attached hydrogens (tertiary/aromatic N) is 1. The van der Waals surface area contributed by atoms with Crippen molar-refractivity contribution >= 4 is 11.7 Å². The van der Waals surface area contributed by atoms with Crippen molar-refractivity contribution in [2.24, 2.45) is 17.6 Å². The first-order valence-electron chi connectivity index (χ1n) is 4.65. The van der Waals surface area contributed by atoms with Gasteiger partial charge in [0.2, 0.25) is 5.91 Å². The number of hydrogen-bond acceptors (Lipinski definition) is 3. The summed E-state index contributed by atoms with van der Waals surface area (Å²) in [7, 11) is 0. The van der Waals surface area contributed by atoms with Crippen LogP contribution in [-0.4, -0.2) is 22.6 Å². The third-order valence-electron chi connectivity index (χ3n) is 2.15. The van der Waals surface area contributed by atoms with Crippen molar-refractivity contribution in [2.45, 2.75) is 13.8 Å². The molecule has 5 heteroatoms. The number of aromatic amines is 1. The molecular formula is C9H16N4O. The van der Waals surface area contributed by atoms with Crippen LogP contribution < -0.4 is 11.1 Å². The lowest BCUT2D eigenvalue weighted by atomic mass is 9.95. The summed E-state index contributed by atoms with van der Waals surface area (Å²) < 4.78 is 0. The Hall–Kier alpha value is -1.36. The Morgan fingerprint density at radius 3 is 2.86 bits per heavy atom. The molecule has 0 saturated carbocycles. The van der Waals surface area contributed by atoms with E-state index in [1.54, 1.807) is 12.3 Å². The fourth-order valence-corrected chi connectivity index (χ4v) is 1.23. The summed E-state index contributed by atoms with van der Waals surface area (Å²) in [6, 6.07) is 1.70. The molecule has 1 unspecified atom stereocenters. The van der Waals surface area contributed by atoms with Crippen molar-refractivity contribution < 1.29 is 4.79 Å². The van der Waals surface area contributed by atoms with Gasteiger partial charge in [-0.05, 0) is 5.92 Å². The minimum atomic E-state index is -0.154. The van der Waals surface area contributed by atoms with E-state index in [4.69, 9.17) is 5.73 Å². The van der Waals surface area contributed by atoms with Crippen molar-refractivity contribution in [3.8, 4) is 0 Å². The second kappa shape index (κ2) is 4.76. The number of anilines is 1. The highest BCUT2D eigenvalue weighted by Crippen LogP contribution is 2.11. The molecule has 1 aromatic heterocycles. The van der Waals surface area contributed by atoms with Gasteiger partial charge >= 0.3 is 0 Å². The van der Waals surface area contributed by atoms with Crippen LogP contribution in [0.4, 0.5) is 5.82 Å². The zero-order valence-electron chi connectivity index (χ0n) is 8.45. The molecule has 0 saturated heterocycles. The van der Waals surface area contributed by atoms with E-state index in [2.05, 4.69) is 15.5 Å². The molecule has 0 bridgehead atoms. The van der Waals surface area contributed by atoms with Crippen LogP contribution in [0.1, 0.15) is 13.8 Å². The van der Waals surface area contributed by atoms with E-state index in [0.29, 0.717) is 12.4 Å². The average Bonchev–Trinajstić information content (AvgIpc) is 2.57. The summed E-state index contributed by atoms with van der Waals surface area (Å²) in [6.45, 7) is 4.31. The monoisotopic (exact) mass is 196 g/mol. The van der Waals surface area contributed by atoms with Gasteiger partial charge < -0.3 is 11.1 Å². The van der Waals surface area contributed by atoms with E-state index in [9.17, 15) is 4.79 Å². The Balaban J connectivity index is 2.56. The molecule has 1 amide bonds. The van der Waals surface area contributed by atoms with Crippen LogP contribution in [0.25, 0.3) is 0 Å². The Kier molecular flexibility index (Phi) is 3.64. The van der Waals surface area contributed by atoms with E-state index in [-0.39, 0.29) is 17.7 Å². The summed E-state index contributed by atoms with van der Waals surface area (Å²) >= 11 is 0. The predicted molar refractivity (Wildman–Crippen MR) is 54.6 cm³/mol. The van der Waals surface area contributed by atoms with Gasteiger partial charge in [0.05, 0.1) is 12.1 Å². The van der Waals surface area contributed by atoms with E-state index in [1.165, 1.54) is 0 Å². The van der Waals surface area contributed by atoms with Crippen molar-refractivity contribution in [3.05, 3.63) is 12.3 Å². The molecule has 0 aliphatic heterocycles. The number of rotatable bonds is 4. The first-order chi connectivity index (χ1) is 6.65. The minimum absolute atomic E-state index is 0.0632. The van der Waals surface area contributed by atoms with Gasteiger partial charge in [0.25, 0.3) is 0 Å². The number of carbonyl (C=O) groups excluding carboxylic acids is 1. The van der Waals surface area contributed by atoms with Crippen LogP contribution in [-0.2, 0) is 4.79 Å². The van der Waals surface area contributed by atoms with E-state index in [1.807, 2.05) is 13.8 Å². The molecule has 78 valence electrons. The Morgan fingerprint density at radius 2 is 2.43 bits per heavy atom. The van der Waals surface area contributed by atoms with Crippen LogP contribution in [0.2, 0.25) is 0 Å². The molecule has 0 radical (unpaired) electrons. The molecule has 1 heterocycles. The third-order valence-corrected chi connectivity index (χ3v) is 2.15. The summed E-state index contributed by atoms with van der Waals surface area (Å²) in [5.41, 5.74) is 5.52. The standard InChI is InChI=1S/C9H16N4O/c1-6(2)7(5-10)9(14)12-8-3-4-11-13-8/h3-4,6-7H,5,10H2,1-2H3,(H2,11,12,13,14). The maximum Gasteiger partial charge on any atom is 0.230 e. The quantitative estimate of drug-likeness (QED) is 0.658. The highest BCUT2D eigenvalue weighted by Gasteiger charge is 2.20. The molecule has 0 aliphatic carbocycles.